The van der Waals surface area contributed by atoms with Crippen molar-refractivity contribution in [3.63, 3.8) is 0 Å². The highest BCUT2D eigenvalue weighted by molar-refractivity contribution is 5.81. The molecule has 0 aromatic heterocycles. The Morgan fingerprint density at radius 3 is 2.03 bits per heavy atom. The molecule has 5 nitrogen and oxygen atoms in total. The summed E-state index contributed by atoms with van der Waals surface area (Å²) in [7, 11) is 3.95. The van der Waals surface area contributed by atoms with Crippen molar-refractivity contribution in [3.8, 4) is 5.75 Å². The number of nitrogens with one attached hydrogen (secondary N) is 1. The third kappa shape index (κ3) is 10.5. The van der Waals surface area contributed by atoms with Crippen LogP contribution in [0.25, 0.3) is 5.70 Å². The number of allylic oxidation sites excluding steroid dienone is 1. The first-order chi connectivity index (χ1) is 18.7. The molecule has 212 valence electrons. The molecule has 0 aliphatic heterocycles. The van der Waals surface area contributed by atoms with Crippen LogP contribution in [0.2, 0.25) is 0 Å². The molecule has 0 amide bonds. The number of rotatable bonds is 9. The van der Waals surface area contributed by atoms with Gasteiger partial charge in [-0.25, -0.2) is 5.01 Å². The third-order valence-corrected chi connectivity index (χ3v) is 5.99. The van der Waals surface area contributed by atoms with E-state index in [2.05, 4.69) is 73.5 Å². The zero-order valence-electron chi connectivity index (χ0n) is 23.6. The Hall–Kier alpha value is -3.78. The Morgan fingerprint density at radius 2 is 1.54 bits per heavy atom. The molecule has 0 fully saturated rings. The third-order valence-electron chi connectivity index (χ3n) is 5.99. The van der Waals surface area contributed by atoms with Gasteiger partial charge in [-0.3, -0.25) is 9.80 Å². The molecule has 3 rings (SSSR count). The topological polar surface area (TPSA) is 55.8 Å². The number of hydrogen-bond acceptors (Lipinski definition) is 5. The number of hydrazine groups is 1. The van der Waals surface area contributed by atoms with Gasteiger partial charge in [-0.15, -0.1) is 0 Å². The van der Waals surface area contributed by atoms with Crippen molar-refractivity contribution in [1.29, 1.82) is 0 Å². The fraction of sp³-hybridized carbons (Fsp3) is 0.323. The highest BCUT2D eigenvalue weighted by atomic mass is 19.4. The fourth-order valence-corrected chi connectivity index (χ4v) is 3.90. The maximum Gasteiger partial charge on any atom is 0.379 e. The summed E-state index contributed by atoms with van der Waals surface area (Å²) in [5.41, 5.74) is 7.63. The highest BCUT2D eigenvalue weighted by Gasteiger charge is 2.19. The zero-order valence-corrected chi connectivity index (χ0v) is 23.6. The summed E-state index contributed by atoms with van der Waals surface area (Å²) in [6.45, 7) is 5.69. The first kappa shape index (κ1) is 33.2. The molecular weight excluding hydrogens is 503 g/mol. The standard InChI is InChI=1S/C21H26N2O.C9H13NO.CHF3/c1-5-18-10-8-9-11-21(18)23(22(4)7-3)20(6-2)19-14-12-17(16-24)13-15-19;1-3-7-4-5-8(11)6-9(7)10-2;2-1(3)4/h6,8-16H,5,7H2,1-4H3;4-6,10-11H,3H2,1-2H3;1H/b20-6-;;. The molecular formula is C31H40F3N3O2. The van der Waals surface area contributed by atoms with E-state index in [0.717, 1.165) is 42.6 Å². The highest BCUT2D eigenvalue weighted by Crippen LogP contribution is 2.31. The molecule has 0 saturated carbocycles. The number of carbonyl (C=O) groups excluding carboxylic acids is 1. The van der Waals surface area contributed by atoms with Crippen LogP contribution in [-0.4, -0.2) is 43.7 Å². The van der Waals surface area contributed by atoms with Crippen LogP contribution < -0.4 is 10.3 Å². The number of aldehydes is 1. The molecule has 0 spiro atoms. The SMILES string of the molecule is C/C=C(/c1ccc(C=O)cc1)N(c1ccccc1CC)N(C)CC.CCc1ccc(O)cc1NC.FC(F)F. The van der Waals surface area contributed by atoms with E-state index in [9.17, 15) is 18.0 Å². The van der Waals surface area contributed by atoms with Gasteiger partial charge in [0.05, 0.1) is 11.4 Å². The maximum absolute atomic E-state index is 10.9. The minimum atomic E-state index is -3.67. The monoisotopic (exact) mass is 543 g/mol. The van der Waals surface area contributed by atoms with Crippen LogP contribution in [0.4, 0.5) is 24.5 Å². The lowest BCUT2D eigenvalue weighted by molar-refractivity contribution is 0.00818. The molecule has 0 bridgehead atoms. The molecule has 8 heteroatoms. The van der Waals surface area contributed by atoms with Crippen molar-refractivity contribution in [2.45, 2.75) is 47.2 Å². The van der Waals surface area contributed by atoms with Gasteiger partial charge in [0.2, 0.25) is 0 Å². The molecule has 0 unspecified atom stereocenters. The minimum absolute atomic E-state index is 0.312. The molecule has 3 aromatic rings. The van der Waals surface area contributed by atoms with E-state index in [-0.39, 0.29) is 0 Å². The van der Waals surface area contributed by atoms with Gasteiger partial charge in [0, 0.05) is 38.0 Å². The largest absolute Gasteiger partial charge is 0.508 e. The van der Waals surface area contributed by atoms with Crippen molar-refractivity contribution in [3.05, 3.63) is 95.1 Å². The van der Waals surface area contributed by atoms with Crippen LogP contribution in [-0.2, 0) is 12.8 Å². The fourth-order valence-electron chi connectivity index (χ4n) is 3.90. The van der Waals surface area contributed by atoms with Crippen molar-refractivity contribution < 1.29 is 23.1 Å². The second-order valence-electron chi connectivity index (χ2n) is 8.37. The predicted octanol–water partition coefficient (Wildman–Crippen LogP) is 7.97. The summed E-state index contributed by atoms with van der Waals surface area (Å²) in [5, 5.41) is 16.6. The average Bonchev–Trinajstić information content (AvgIpc) is 2.95. The van der Waals surface area contributed by atoms with Crippen LogP contribution in [0, 0.1) is 0 Å². The van der Waals surface area contributed by atoms with Crippen LogP contribution in [0.15, 0.2) is 72.8 Å². The molecule has 39 heavy (non-hydrogen) atoms. The van der Waals surface area contributed by atoms with Crippen molar-refractivity contribution in [2.75, 3.05) is 31.0 Å². The van der Waals surface area contributed by atoms with E-state index in [1.807, 2.05) is 44.3 Å². The normalized spacial score (nSPS) is 10.8. The Morgan fingerprint density at radius 1 is 0.949 bits per heavy atom. The number of benzene rings is 3. The van der Waals surface area contributed by atoms with Crippen molar-refractivity contribution in [1.82, 2.24) is 5.01 Å². The van der Waals surface area contributed by atoms with Crippen LogP contribution in [0.3, 0.4) is 0 Å². The number of anilines is 2. The Labute approximate surface area is 230 Å². The van der Waals surface area contributed by atoms with Crippen LogP contribution >= 0.6 is 0 Å². The van der Waals surface area contributed by atoms with Gasteiger partial charge in [0.15, 0.2) is 0 Å². The first-order valence-electron chi connectivity index (χ1n) is 12.9. The summed E-state index contributed by atoms with van der Waals surface area (Å²) in [6, 6.07) is 21.6. The van der Waals surface area contributed by atoms with Gasteiger partial charge < -0.3 is 10.4 Å². The van der Waals surface area contributed by atoms with E-state index in [1.165, 1.54) is 16.8 Å². The lowest BCUT2D eigenvalue weighted by Gasteiger charge is -2.36. The van der Waals surface area contributed by atoms with E-state index in [1.54, 1.807) is 12.1 Å². The van der Waals surface area contributed by atoms with Crippen LogP contribution in [0.5, 0.6) is 5.75 Å². The molecule has 0 saturated heterocycles. The van der Waals surface area contributed by atoms with Crippen LogP contribution in [0.1, 0.15) is 54.7 Å². The maximum atomic E-state index is 10.9. The van der Waals surface area contributed by atoms with Gasteiger partial charge >= 0.3 is 6.68 Å². The molecule has 0 radical (unpaired) electrons. The predicted molar refractivity (Wildman–Crippen MR) is 156 cm³/mol. The molecule has 0 heterocycles. The molecule has 2 N–H and O–H groups in total. The number of aromatic hydroxyl groups is 1. The minimum Gasteiger partial charge on any atom is -0.508 e. The molecule has 0 atom stereocenters. The van der Waals surface area contributed by atoms with E-state index < -0.39 is 6.68 Å². The number of phenolic OH excluding ortho intramolecular Hbond substituents is 1. The van der Waals surface area contributed by atoms with Gasteiger partial charge in [-0.05, 0) is 48.6 Å². The quantitative estimate of drug-likeness (QED) is 0.212. The summed E-state index contributed by atoms with van der Waals surface area (Å²) in [6.07, 6.45) is 4.96. The number of carbonyl (C=O) groups is 1. The smallest absolute Gasteiger partial charge is 0.379 e. The Bertz CT molecular complexity index is 1170. The second kappa shape index (κ2) is 17.7. The van der Waals surface area contributed by atoms with E-state index >= 15 is 0 Å². The number of para-hydroxylation sites is 1. The van der Waals surface area contributed by atoms with Gasteiger partial charge in [0.1, 0.15) is 12.0 Å². The van der Waals surface area contributed by atoms with E-state index in [0.29, 0.717) is 11.3 Å². The number of nitrogens with zero attached hydrogens (tertiary/aromatic N) is 2. The van der Waals surface area contributed by atoms with Gasteiger partial charge in [-0.2, -0.15) is 13.2 Å². The lowest BCUT2D eigenvalue weighted by Crippen LogP contribution is -2.39. The summed E-state index contributed by atoms with van der Waals surface area (Å²) in [5.74, 6) is 0.312. The first-order valence-corrected chi connectivity index (χ1v) is 12.9. The lowest BCUT2D eigenvalue weighted by atomic mass is 10.1. The van der Waals surface area contributed by atoms with Gasteiger partial charge in [-0.1, -0.05) is 75.4 Å². The molecule has 0 aliphatic carbocycles. The average molecular weight is 544 g/mol. The Balaban J connectivity index is 0.000000418. The number of halogens is 3. The van der Waals surface area contributed by atoms with Crippen molar-refractivity contribution >= 4 is 23.4 Å². The number of alkyl halides is 3. The van der Waals surface area contributed by atoms with Gasteiger partial charge in [0.25, 0.3) is 0 Å². The Kier molecular flexibility index (Phi) is 15.1. The zero-order chi connectivity index (χ0) is 29.4. The number of aryl methyl sites for hydroxylation is 2. The summed E-state index contributed by atoms with van der Waals surface area (Å²) >= 11 is 0. The summed E-state index contributed by atoms with van der Waals surface area (Å²) in [4.78, 5) is 10.9. The second-order valence-corrected chi connectivity index (χ2v) is 8.37. The number of hydrogen-bond donors (Lipinski definition) is 2. The summed E-state index contributed by atoms with van der Waals surface area (Å²) < 4.78 is 29.0. The number of phenols is 1. The van der Waals surface area contributed by atoms with Crippen molar-refractivity contribution in [2.24, 2.45) is 0 Å². The van der Waals surface area contributed by atoms with E-state index in [4.69, 9.17) is 5.11 Å². The molecule has 3 aromatic carbocycles. The molecule has 0 aliphatic rings.